The first kappa shape index (κ1) is 15.9. The molecule has 1 atom stereocenters. The van der Waals surface area contributed by atoms with Gasteiger partial charge in [0, 0.05) is 30.1 Å². The Labute approximate surface area is 139 Å². The molecule has 1 aliphatic rings. The highest BCUT2D eigenvalue weighted by Gasteiger charge is 2.28. The normalized spacial score (nSPS) is 18.2. The first-order chi connectivity index (χ1) is 11.1. The third-order valence-corrected chi connectivity index (χ3v) is 5.33. The Kier molecular flexibility index (Phi) is 4.61. The minimum absolute atomic E-state index is 0.178. The lowest BCUT2D eigenvalue weighted by Crippen LogP contribution is -2.41. The predicted octanol–water partition coefficient (Wildman–Crippen LogP) is 2.72. The molecule has 3 heterocycles. The summed E-state index contributed by atoms with van der Waals surface area (Å²) < 4.78 is 0. The maximum absolute atomic E-state index is 12.7. The molecule has 1 amide bonds. The van der Waals surface area contributed by atoms with Crippen molar-refractivity contribution in [3.63, 3.8) is 0 Å². The highest BCUT2D eigenvalue weighted by atomic mass is 32.1. The van der Waals surface area contributed by atoms with Gasteiger partial charge >= 0.3 is 0 Å². The molecule has 122 valence electrons. The minimum Gasteiger partial charge on any atom is -0.338 e. The lowest BCUT2D eigenvalue weighted by molar-refractivity contribution is 0.0705. The fraction of sp³-hybridized carbons (Fsp3) is 0.471. The molecular weight excluding hydrogens is 310 g/mol. The zero-order chi connectivity index (χ0) is 16.4. The summed E-state index contributed by atoms with van der Waals surface area (Å²) in [6, 6.07) is 3.39. The summed E-state index contributed by atoms with van der Waals surface area (Å²) in [4.78, 5) is 33.8. The van der Waals surface area contributed by atoms with Gasteiger partial charge in [-0.2, -0.15) is 0 Å². The third-order valence-electron chi connectivity index (χ3n) is 4.28. The Balaban J connectivity index is 1.77. The van der Waals surface area contributed by atoms with Crippen molar-refractivity contribution in [2.24, 2.45) is 0 Å². The van der Waals surface area contributed by atoms with Gasteiger partial charge in [-0.05, 0) is 38.3 Å². The first-order valence-electron chi connectivity index (χ1n) is 8.02. The Hall–Kier alpha value is -1.95. The van der Waals surface area contributed by atoms with Gasteiger partial charge in [0.05, 0.1) is 10.7 Å². The summed E-state index contributed by atoms with van der Waals surface area (Å²) in [7, 11) is 0. The van der Waals surface area contributed by atoms with Crippen LogP contribution in [-0.2, 0) is 6.42 Å². The molecule has 0 spiro atoms. The molecule has 1 saturated heterocycles. The number of nitrogens with one attached hydrogen (secondary N) is 1. The van der Waals surface area contributed by atoms with Crippen molar-refractivity contribution in [1.82, 2.24) is 14.9 Å². The molecule has 6 heteroatoms. The maximum Gasteiger partial charge on any atom is 0.260 e. The molecule has 23 heavy (non-hydrogen) atoms. The molecule has 1 unspecified atom stereocenters. The summed E-state index contributed by atoms with van der Waals surface area (Å²) in [6.45, 7) is 5.25. The molecule has 2 aromatic heterocycles. The van der Waals surface area contributed by atoms with Crippen LogP contribution in [0, 0.1) is 6.92 Å². The van der Waals surface area contributed by atoms with Gasteiger partial charge in [0.1, 0.15) is 5.56 Å². The monoisotopic (exact) mass is 331 g/mol. The van der Waals surface area contributed by atoms with E-state index in [0.717, 1.165) is 35.7 Å². The van der Waals surface area contributed by atoms with E-state index in [2.05, 4.69) is 22.3 Å². The maximum atomic E-state index is 12.7. The number of rotatable bonds is 3. The Morgan fingerprint density at radius 3 is 3.00 bits per heavy atom. The molecule has 0 radical (unpaired) electrons. The lowest BCUT2D eigenvalue weighted by atomic mass is 9.98. The number of aryl methyl sites for hydroxylation is 2. The Bertz CT molecular complexity index is 765. The van der Waals surface area contributed by atoms with E-state index in [0.29, 0.717) is 13.1 Å². The van der Waals surface area contributed by atoms with Gasteiger partial charge in [0.2, 0.25) is 0 Å². The number of carbonyl (C=O) groups is 1. The number of pyridine rings is 1. The summed E-state index contributed by atoms with van der Waals surface area (Å²) in [6.07, 6.45) is 2.93. The Morgan fingerprint density at radius 2 is 2.30 bits per heavy atom. The number of piperidine rings is 1. The minimum atomic E-state index is -0.306. The first-order valence-corrected chi connectivity index (χ1v) is 8.90. The van der Waals surface area contributed by atoms with Crippen LogP contribution in [0.25, 0.3) is 0 Å². The van der Waals surface area contributed by atoms with Crippen LogP contribution in [0.15, 0.2) is 22.3 Å². The summed E-state index contributed by atoms with van der Waals surface area (Å²) in [5.74, 6) is 0.103. The zero-order valence-electron chi connectivity index (χ0n) is 13.5. The highest BCUT2D eigenvalue weighted by molar-refractivity contribution is 7.09. The second-order valence-corrected chi connectivity index (χ2v) is 6.89. The van der Waals surface area contributed by atoms with E-state index in [1.807, 2.05) is 0 Å². The van der Waals surface area contributed by atoms with Gasteiger partial charge in [-0.15, -0.1) is 11.3 Å². The second kappa shape index (κ2) is 6.66. The van der Waals surface area contributed by atoms with Gasteiger partial charge in [-0.1, -0.05) is 6.92 Å². The van der Waals surface area contributed by atoms with Crippen LogP contribution in [0.1, 0.15) is 52.4 Å². The van der Waals surface area contributed by atoms with Crippen LogP contribution < -0.4 is 5.56 Å². The molecule has 1 N–H and O–H groups in total. The van der Waals surface area contributed by atoms with Crippen molar-refractivity contribution in [2.45, 2.75) is 39.0 Å². The molecule has 0 aromatic carbocycles. The van der Waals surface area contributed by atoms with E-state index >= 15 is 0 Å². The summed E-state index contributed by atoms with van der Waals surface area (Å²) >= 11 is 1.68. The Morgan fingerprint density at radius 1 is 1.48 bits per heavy atom. The molecule has 0 bridgehead atoms. The number of H-pyrrole nitrogens is 1. The van der Waals surface area contributed by atoms with Crippen LogP contribution in [0.3, 0.4) is 0 Å². The van der Waals surface area contributed by atoms with Crippen molar-refractivity contribution in [1.29, 1.82) is 0 Å². The quantitative estimate of drug-likeness (QED) is 0.940. The van der Waals surface area contributed by atoms with Crippen molar-refractivity contribution in [3.8, 4) is 0 Å². The summed E-state index contributed by atoms with van der Waals surface area (Å²) in [5.41, 5.74) is 1.80. The second-order valence-electron chi connectivity index (χ2n) is 6.01. The molecule has 0 aliphatic carbocycles. The van der Waals surface area contributed by atoms with E-state index in [9.17, 15) is 9.59 Å². The molecule has 2 aromatic rings. The average Bonchev–Trinajstić information content (AvgIpc) is 3.03. The van der Waals surface area contributed by atoms with E-state index < -0.39 is 0 Å². The fourth-order valence-corrected chi connectivity index (χ4v) is 3.98. The molecule has 1 fully saturated rings. The predicted molar refractivity (Wildman–Crippen MR) is 91.2 cm³/mol. The van der Waals surface area contributed by atoms with Gasteiger partial charge in [-0.25, -0.2) is 4.98 Å². The number of hydrogen-bond donors (Lipinski definition) is 1. The van der Waals surface area contributed by atoms with Crippen molar-refractivity contribution < 1.29 is 4.79 Å². The van der Waals surface area contributed by atoms with Gasteiger partial charge in [-0.3, -0.25) is 9.59 Å². The topological polar surface area (TPSA) is 66.1 Å². The number of carbonyl (C=O) groups excluding carboxylic acids is 1. The number of nitrogens with zero attached hydrogens (tertiary/aromatic N) is 2. The number of thiazole rings is 1. The molecule has 1 aliphatic heterocycles. The van der Waals surface area contributed by atoms with Crippen LogP contribution in [0.2, 0.25) is 0 Å². The van der Waals surface area contributed by atoms with E-state index in [-0.39, 0.29) is 22.9 Å². The molecule has 0 saturated carbocycles. The van der Waals surface area contributed by atoms with E-state index in [1.54, 1.807) is 35.3 Å². The number of aromatic amines is 1. The lowest BCUT2D eigenvalue weighted by Gasteiger charge is -2.31. The largest absolute Gasteiger partial charge is 0.338 e. The van der Waals surface area contributed by atoms with Crippen LogP contribution in [-0.4, -0.2) is 33.9 Å². The van der Waals surface area contributed by atoms with Gasteiger partial charge in [0.25, 0.3) is 11.5 Å². The fourth-order valence-electron chi connectivity index (χ4n) is 2.95. The van der Waals surface area contributed by atoms with E-state index in [1.165, 1.54) is 0 Å². The van der Waals surface area contributed by atoms with Crippen molar-refractivity contribution >= 4 is 17.2 Å². The number of hydrogen-bond acceptors (Lipinski definition) is 4. The SMILES string of the molecule is CCc1csc(C2CCCN(C(=O)c3ccc(C)[nH]c3=O)C2)n1. The number of aromatic nitrogens is 2. The van der Waals surface area contributed by atoms with Crippen LogP contribution in [0.5, 0.6) is 0 Å². The van der Waals surface area contributed by atoms with Crippen molar-refractivity contribution in [3.05, 3.63) is 49.8 Å². The van der Waals surface area contributed by atoms with E-state index in [4.69, 9.17) is 0 Å². The molecular formula is C17H21N3O2S. The number of amides is 1. The molecule has 5 nitrogen and oxygen atoms in total. The van der Waals surface area contributed by atoms with Gasteiger partial charge in [0.15, 0.2) is 0 Å². The molecule has 3 rings (SSSR count). The third kappa shape index (κ3) is 3.37. The van der Waals surface area contributed by atoms with Gasteiger partial charge < -0.3 is 9.88 Å². The number of likely N-dealkylation sites (tertiary alicyclic amines) is 1. The van der Waals surface area contributed by atoms with Crippen LogP contribution >= 0.6 is 11.3 Å². The van der Waals surface area contributed by atoms with Crippen LogP contribution in [0.4, 0.5) is 0 Å². The zero-order valence-corrected chi connectivity index (χ0v) is 14.3. The standard InChI is InChI=1S/C17H21N3O2S/c1-3-13-10-23-16(19-13)12-5-4-8-20(9-12)17(22)14-7-6-11(2)18-15(14)21/h6-7,10,12H,3-5,8-9H2,1-2H3,(H,18,21). The smallest absolute Gasteiger partial charge is 0.260 e. The summed E-state index contributed by atoms with van der Waals surface area (Å²) in [5, 5.41) is 3.21. The average molecular weight is 331 g/mol. The van der Waals surface area contributed by atoms with Crippen molar-refractivity contribution in [2.75, 3.05) is 13.1 Å². The highest BCUT2D eigenvalue weighted by Crippen LogP contribution is 2.29.